The molecule has 0 aliphatic carbocycles. The Morgan fingerprint density at radius 2 is 2.03 bits per heavy atom. The summed E-state index contributed by atoms with van der Waals surface area (Å²) < 4.78 is 29.3. The fourth-order valence-corrected chi connectivity index (χ4v) is 3.74. The fourth-order valence-electron chi connectivity index (χ4n) is 3.35. The van der Waals surface area contributed by atoms with Gasteiger partial charge >= 0.3 is 5.92 Å². The highest BCUT2D eigenvalue weighted by molar-refractivity contribution is 6.31. The molecule has 1 amide bonds. The molecule has 0 radical (unpaired) electrons. The number of amides is 1. The molecule has 2 aromatic heterocycles. The number of hydrogen-bond donors (Lipinski definition) is 3. The molecule has 11 heteroatoms. The Kier molecular flexibility index (Phi) is 8.24. The molecule has 0 saturated carbocycles. The number of aromatic nitrogens is 2. The number of carbonyl (C=O) groups excluding carboxylic acids is 1. The predicted molar refractivity (Wildman–Crippen MR) is 125 cm³/mol. The Labute approximate surface area is 204 Å². The van der Waals surface area contributed by atoms with Crippen molar-refractivity contribution < 1.29 is 18.8 Å². The molecule has 4 N–H and O–H groups in total. The maximum Gasteiger partial charge on any atom is 0.308 e. The SMILES string of the molecule is C[C@H](NC(=O)Cc1c(Cl)ccc(=NCC(F)(F)c2ccccn2)n1O)c1cc(Cl)ccc1CN. The zero-order chi connectivity index (χ0) is 24.9. The van der Waals surface area contributed by atoms with Gasteiger partial charge in [0.15, 0.2) is 5.49 Å². The number of nitrogens with two attached hydrogens (primary N) is 1. The highest BCUT2D eigenvalue weighted by Gasteiger charge is 2.32. The van der Waals surface area contributed by atoms with E-state index in [1.54, 1.807) is 25.1 Å². The summed E-state index contributed by atoms with van der Waals surface area (Å²) in [5.74, 6) is -3.81. The highest BCUT2D eigenvalue weighted by Crippen LogP contribution is 2.26. The topological polar surface area (TPSA) is 106 Å². The highest BCUT2D eigenvalue weighted by atomic mass is 35.5. The minimum Gasteiger partial charge on any atom is -0.427 e. The summed E-state index contributed by atoms with van der Waals surface area (Å²) in [6, 6.07) is 11.6. The summed E-state index contributed by atoms with van der Waals surface area (Å²) >= 11 is 12.2. The molecule has 0 saturated heterocycles. The average molecular weight is 510 g/mol. The van der Waals surface area contributed by atoms with E-state index >= 15 is 0 Å². The van der Waals surface area contributed by atoms with Crippen LogP contribution in [-0.2, 0) is 23.7 Å². The molecule has 180 valence electrons. The molecule has 1 atom stereocenters. The van der Waals surface area contributed by atoms with Gasteiger partial charge in [0.2, 0.25) is 5.91 Å². The number of benzene rings is 1. The molecule has 1 aromatic carbocycles. The van der Waals surface area contributed by atoms with Crippen LogP contribution in [0.15, 0.2) is 59.7 Å². The summed E-state index contributed by atoms with van der Waals surface area (Å²) in [5.41, 5.74) is 6.72. The lowest BCUT2D eigenvalue weighted by Gasteiger charge is -2.19. The predicted octanol–water partition coefficient (Wildman–Crippen LogP) is 4.00. The summed E-state index contributed by atoms with van der Waals surface area (Å²) in [4.78, 5) is 20.1. The third-order valence-electron chi connectivity index (χ3n) is 5.11. The Bertz CT molecular complexity index is 1240. The molecule has 0 fully saturated rings. The van der Waals surface area contributed by atoms with E-state index in [1.807, 2.05) is 0 Å². The van der Waals surface area contributed by atoms with Gasteiger partial charge in [-0.1, -0.05) is 35.3 Å². The first-order valence-electron chi connectivity index (χ1n) is 10.3. The molecule has 0 spiro atoms. The lowest BCUT2D eigenvalue weighted by molar-refractivity contribution is -0.121. The van der Waals surface area contributed by atoms with Crippen molar-refractivity contribution >= 4 is 29.1 Å². The summed E-state index contributed by atoms with van der Waals surface area (Å²) in [5, 5.41) is 13.9. The van der Waals surface area contributed by atoms with E-state index in [2.05, 4.69) is 15.3 Å². The monoisotopic (exact) mass is 509 g/mol. The van der Waals surface area contributed by atoms with Crippen molar-refractivity contribution in [3.05, 3.63) is 92.8 Å². The number of alkyl halides is 2. The third-order valence-corrected chi connectivity index (χ3v) is 5.69. The van der Waals surface area contributed by atoms with Crippen molar-refractivity contribution in [3.63, 3.8) is 0 Å². The number of nitrogens with one attached hydrogen (secondary N) is 1. The van der Waals surface area contributed by atoms with E-state index in [0.717, 1.165) is 11.1 Å². The Morgan fingerprint density at radius 1 is 1.26 bits per heavy atom. The maximum atomic E-state index is 14.4. The zero-order valence-corrected chi connectivity index (χ0v) is 19.7. The second kappa shape index (κ2) is 10.9. The van der Waals surface area contributed by atoms with Crippen LogP contribution in [0.3, 0.4) is 0 Å². The van der Waals surface area contributed by atoms with E-state index in [9.17, 15) is 18.8 Å². The molecule has 0 aliphatic heterocycles. The molecule has 2 heterocycles. The van der Waals surface area contributed by atoms with Crippen LogP contribution in [0.1, 0.15) is 35.5 Å². The minimum absolute atomic E-state index is 0.00101. The number of rotatable bonds is 8. The average Bonchev–Trinajstić information content (AvgIpc) is 2.81. The van der Waals surface area contributed by atoms with Gasteiger partial charge in [0.25, 0.3) is 0 Å². The molecular weight excluding hydrogens is 487 g/mol. The van der Waals surface area contributed by atoms with Crippen molar-refractivity contribution in [1.82, 2.24) is 15.0 Å². The van der Waals surface area contributed by atoms with Gasteiger partial charge in [-0.3, -0.25) is 14.8 Å². The van der Waals surface area contributed by atoms with E-state index < -0.39 is 30.1 Å². The van der Waals surface area contributed by atoms with E-state index in [4.69, 9.17) is 28.9 Å². The molecule has 0 aliphatic rings. The minimum atomic E-state index is -3.35. The number of halogens is 4. The second-order valence-electron chi connectivity index (χ2n) is 7.55. The summed E-state index contributed by atoms with van der Waals surface area (Å²) in [6.07, 6.45) is 0.938. The van der Waals surface area contributed by atoms with Gasteiger partial charge in [0.1, 0.15) is 12.2 Å². The third kappa shape index (κ3) is 6.11. The van der Waals surface area contributed by atoms with Crippen LogP contribution in [0.4, 0.5) is 8.78 Å². The van der Waals surface area contributed by atoms with Crippen LogP contribution in [0, 0.1) is 0 Å². The van der Waals surface area contributed by atoms with Crippen molar-refractivity contribution in [1.29, 1.82) is 0 Å². The summed E-state index contributed by atoms with van der Waals surface area (Å²) in [6.45, 7) is 1.08. The van der Waals surface area contributed by atoms with Crippen molar-refractivity contribution in [2.45, 2.75) is 31.9 Å². The smallest absolute Gasteiger partial charge is 0.308 e. The molecule has 34 heavy (non-hydrogen) atoms. The largest absolute Gasteiger partial charge is 0.427 e. The van der Waals surface area contributed by atoms with E-state index in [-0.39, 0.29) is 29.2 Å². The van der Waals surface area contributed by atoms with E-state index in [1.165, 1.54) is 36.5 Å². The van der Waals surface area contributed by atoms with Gasteiger partial charge in [0, 0.05) is 17.8 Å². The molecule has 3 aromatic rings. The molecule has 3 rings (SSSR count). The lowest BCUT2D eigenvalue weighted by atomic mass is 10.0. The van der Waals surface area contributed by atoms with Crippen LogP contribution < -0.4 is 16.5 Å². The normalized spacial score (nSPS) is 13.1. The number of carbonyl (C=O) groups is 1. The van der Waals surface area contributed by atoms with Crippen LogP contribution in [-0.4, -0.2) is 27.4 Å². The van der Waals surface area contributed by atoms with Gasteiger partial charge in [-0.05, 0) is 54.4 Å². The molecule has 7 nitrogen and oxygen atoms in total. The number of nitrogens with zero attached hydrogens (tertiary/aromatic N) is 3. The Balaban J connectivity index is 1.79. The van der Waals surface area contributed by atoms with Crippen molar-refractivity contribution in [2.75, 3.05) is 6.54 Å². The van der Waals surface area contributed by atoms with Gasteiger partial charge in [-0.15, -0.1) is 0 Å². The standard InChI is InChI=1S/C23H23Cl2F2N5O2/c1-14(17-10-16(24)6-5-15(17)12-28)31-22(33)11-19-18(25)7-8-21(32(19)34)30-13-23(26,27)20-4-2-3-9-29-20/h2-10,14,34H,11-13,28H2,1H3,(H,31,33)/t14-/m0/s1. The quantitative estimate of drug-likeness (QED) is 0.399. The van der Waals surface area contributed by atoms with Gasteiger partial charge in [-0.2, -0.15) is 13.5 Å². The van der Waals surface area contributed by atoms with Gasteiger partial charge in [-0.25, -0.2) is 0 Å². The van der Waals surface area contributed by atoms with Gasteiger partial charge < -0.3 is 16.3 Å². The second-order valence-corrected chi connectivity index (χ2v) is 8.39. The van der Waals surface area contributed by atoms with Crippen LogP contribution in [0.2, 0.25) is 10.0 Å². The molecule has 0 unspecified atom stereocenters. The maximum absolute atomic E-state index is 14.4. The van der Waals surface area contributed by atoms with Gasteiger partial charge in [0.05, 0.1) is 23.2 Å². The van der Waals surface area contributed by atoms with Crippen LogP contribution >= 0.6 is 23.2 Å². The summed E-state index contributed by atoms with van der Waals surface area (Å²) in [7, 11) is 0. The first kappa shape index (κ1) is 25.6. The van der Waals surface area contributed by atoms with E-state index in [0.29, 0.717) is 9.75 Å². The lowest BCUT2D eigenvalue weighted by Crippen LogP contribution is -2.32. The Hall–Kier alpha value is -3.01. The number of pyridine rings is 2. The first-order valence-corrected chi connectivity index (χ1v) is 11.0. The van der Waals surface area contributed by atoms with Crippen LogP contribution in [0.25, 0.3) is 0 Å². The molecular formula is C23H23Cl2F2N5O2. The van der Waals surface area contributed by atoms with Crippen LogP contribution in [0.5, 0.6) is 0 Å². The Morgan fingerprint density at radius 3 is 2.71 bits per heavy atom. The van der Waals surface area contributed by atoms with Crippen molar-refractivity contribution in [3.8, 4) is 0 Å². The number of hydrogen-bond acceptors (Lipinski definition) is 5. The zero-order valence-electron chi connectivity index (χ0n) is 18.2. The first-order chi connectivity index (χ1) is 16.1. The van der Waals surface area contributed by atoms with Crippen molar-refractivity contribution in [2.24, 2.45) is 10.7 Å². The molecule has 0 bridgehead atoms. The fraction of sp³-hybridized carbons (Fsp3) is 0.261.